The molecule has 15 heteroatoms. The smallest absolute Gasteiger partial charge is 0.323 e. The fourth-order valence-electron chi connectivity index (χ4n) is 4.24. The largest absolute Gasteiger partial charge is 0.468 e. The molecular formula is C32H32F2N6O7. The van der Waals surface area contributed by atoms with Crippen LogP contribution < -0.4 is 20.7 Å². The molecule has 4 rings (SSSR count). The van der Waals surface area contributed by atoms with Gasteiger partial charge in [-0.2, -0.15) is 0 Å². The molecule has 2 aromatic carbocycles. The van der Waals surface area contributed by atoms with Crippen molar-refractivity contribution in [3.8, 4) is 22.9 Å². The molecule has 3 amide bonds. The molecule has 0 atom stereocenters. The van der Waals surface area contributed by atoms with Crippen LogP contribution in [0.25, 0.3) is 11.4 Å². The molecule has 47 heavy (non-hydrogen) atoms. The molecule has 2 heterocycles. The van der Waals surface area contributed by atoms with Crippen LogP contribution in [0.15, 0.2) is 67.0 Å². The van der Waals surface area contributed by atoms with Crippen molar-refractivity contribution in [1.29, 1.82) is 0 Å². The van der Waals surface area contributed by atoms with E-state index in [2.05, 4.69) is 35.4 Å². The molecule has 0 saturated carbocycles. The van der Waals surface area contributed by atoms with Gasteiger partial charge in [0.2, 0.25) is 0 Å². The third-order valence-corrected chi connectivity index (χ3v) is 6.62. The summed E-state index contributed by atoms with van der Waals surface area (Å²) in [6.07, 6.45) is 2.97. The molecule has 0 saturated heterocycles. The summed E-state index contributed by atoms with van der Waals surface area (Å²) in [5, 5.41) is 7.42. The Bertz CT molecular complexity index is 1750. The monoisotopic (exact) mass is 650 g/mol. The highest BCUT2D eigenvalue weighted by Gasteiger charge is 2.17. The number of hydrogen-bond acceptors (Lipinski definition) is 9. The first-order valence-corrected chi connectivity index (χ1v) is 14.1. The van der Waals surface area contributed by atoms with Gasteiger partial charge in [0, 0.05) is 37.6 Å². The van der Waals surface area contributed by atoms with Crippen molar-refractivity contribution in [3.05, 3.63) is 89.8 Å². The van der Waals surface area contributed by atoms with Crippen LogP contribution in [-0.2, 0) is 19.1 Å². The van der Waals surface area contributed by atoms with Crippen molar-refractivity contribution < 1.29 is 42.2 Å². The Balaban J connectivity index is 1.34. The number of methoxy groups -OCH3 is 2. The zero-order valence-electron chi connectivity index (χ0n) is 25.7. The number of nitrogens with one attached hydrogen (secondary N) is 4. The Morgan fingerprint density at radius 3 is 2.26 bits per heavy atom. The van der Waals surface area contributed by atoms with Crippen LogP contribution in [0.5, 0.6) is 11.5 Å². The fourth-order valence-corrected chi connectivity index (χ4v) is 4.24. The highest BCUT2D eigenvalue weighted by atomic mass is 19.1. The van der Waals surface area contributed by atoms with E-state index in [0.29, 0.717) is 22.7 Å². The molecule has 0 aliphatic heterocycles. The number of rotatable bonds is 13. The second-order valence-electron chi connectivity index (χ2n) is 10.1. The van der Waals surface area contributed by atoms with Gasteiger partial charge in [0.25, 0.3) is 5.91 Å². The Morgan fingerprint density at radius 2 is 1.55 bits per heavy atom. The number of benzene rings is 2. The van der Waals surface area contributed by atoms with Crippen molar-refractivity contribution in [2.75, 3.05) is 51.0 Å². The minimum Gasteiger partial charge on any atom is -0.468 e. The number of urea groups is 1. The number of esters is 2. The van der Waals surface area contributed by atoms with E-state index in [9.17, 15) is 28.0 Å². The van der Waals surface area contributed by atoms with E-state index in [1.54, 1.807) is 31.2 Å². The van der Waals surface area contributed by atoms with Crippen molar-refractivity contribution in [3.63, 3.8) is 0 Å². The number of aromatic amines is 1. The Labute approximate surface area is 268 Å². The average molecular weight is 651 g/mol. The summed E-state index contributed by atoms with van der Waals surface area (Å²) in [6, 6.07) is 12.0. The van der Waals surface area contributed by atoms with Crippen LogP contribution in [0, 0.1) is 18.6 Å². The van der Waals surface area contributed by atoms with Crippen LogP contribution in [0.3, 0.4) is 0 Å². The lowest BCUT2D eigenvalue weighted by atomic mass is 10.2. The van der Waals surface area contributed by atoms with Gasteiger partial charge in [-0.1, -0.05) is 6.07 Å². The fraction of sp³-hybridized carbons (Fsp3) is 0.219. The highest BCUT2D eigenvalue weighted by molar-refractivity contribution is 6.00. The van der Waals surface area contributed by atoms with E-state index in [1.807, 2.05) is 0 Å². The normalized spacial score (nSPS) is 10.7. The van der Waals surface area contributed by atoms with Gasteiger partial charge in [0.05, 0.1) is 55.6 Å². The molecule has 0 radical (unpaired) electrons. The summed E-state index contributed by atoms with van der Waals surface area (Å²) in [4.78, 5) is 57.1. The maximum atomic E-state index is 14.8. The summed E-state index contributed by atoms with van der Waals surface area (Å²) in [5.41, 5.74) is 1.79. The lowest BCUT2D eigenvalue weighted by Crippen LogP contribution is -2.40. The quantitative estimate of drug-likeness (QED) is 0.153. The van der Waals surface area contributed by atoms with Gasteiger partial charge in [0.1, 0.15) is 23.1 Å². The van der Waals surface area contributed by atoms with E-state index in [0.717, 1.165) is 11.6 Å². The lowest BCUT2D eigenvalue weighted by molar-refractivity contribution is -0.145. The second kappa shape index (κ2) is 15.9. The van der Waals surface area contributed by atoms with E-state index >= 15 is 0 Å². The lowest BCUT2D eigenvalue weighted by Gasteiger charge is -2.19. The van der Waals surface area contributed by atoms with Gasteiger partial charge < -0.3 is 35.1 Å². The van der Waals surface area contributed by atoms with Gasteiger partial charge >= 0.3 is 18.0 Å². The summed E-state index contributed by atoms with van der Waals surface area (Å²) < 4.78 is 43.8. The van der Waals surface area contributed by atoms with Crippen molar-refractivity contribution >= 4 is 35.3 Å². The number of nitrogens with zero attached hydrogens (tertiary/aromatic N) is 2. The molecule has 4 N–H and O–H groups in total. The first kappa shape index (κ1) is 34.1. The van der Waals surface area contributed by atoms with Gasteiger partial charge in [0.15, 0.2) is 0 Å². The number of halogens is 2. The molecule has 4 aromatic rings. The molecule has 0 aliphatic rings. The molecule has 0 fully saturated rings. The van der Waals surface area contributed by atoms with E-state index < -0.39 is 35.5 Å². The standard InChI is InChI=1S/C32H32F2N6O7/c1-19-4-6-23(33)26(12-19)39-32(44)38-25-7-5-21(14-24(25)34)47-22-8-9-35-28(15-22)27-13-20(16-37-27)31(43)36-10-11-40(17-29(41)45-2)18-30(42)46-3/h4-9,12-16,37H,10-11,17-18H2,1-3H3,(H,36,43)(H2,38,39,44). The number of hydrogen-bond donors (Lipinski definition) is 4. The van der Waals surface area contributed by atoms with E-state index in [4.69, 9.17) is 4.74 Å². The van der Waals surface area contributed by atoms with E-state index in [-0.39, 0.29) is 43.3 Å². The average Bonchev–Trinajstić information content (AvgIpc) is 3.55. The zero-order chi connectivity index (χ0) is 33.9. The summed E-state index contributed by atoms with van der Waals surface area (Å²) in [5.74, 6) is -2.43. The predicted octanol–water partition coefficient (Wildman–Crippen LogP) is 4.48. The number of ether oxygens (including phenoxy) is 3. The number of anilines is 2. The predicted molar refractivity (Wildman–Crippen MR) is 167 cm³/mol. The second-order valence-corrected chi connectivity index (χ2v) is 10.1. The third-order valence-electron chi connectivity index (χ3n) is 6.62. The maximum Gasteiger partial charge on any atom is 0.323 e. The number of amides is 3. The van der Waals surface area contributed by atoms with Crippen LogP contribution in [0.4, 0.5) is 25.0 Å². The number of pyridine rings is 1. The molecule has 0 spiro atoms. The Kier molecular flexibility index (Phi) is 11.6. The van der Waals surface area contributed by atoms with Gasteiger partial charge in [-0.05, 0) is 48.9 Å². The molecule has 0 aliphatic carbocycles. The van der Waals surface area contributed by atoms with E-state index in [1.165, 1.54) is 55.8 Å². The summed E-state index contributed by atoms with van der Waals surface area (Å²) >= 11 is 0. The maximum absolute atomic E-state index is 14.8. The van der Waals surface area contributed by atoms with Crippen molar-refractivity contribution in [2.24, 2.45) is 0 Å². The minimum absolute atomic E-state index is 0.0394. The third kappa shape index (κ3) is 9.83. The number of aromatic nitrogens is 2. The molecule has 246 valence electrons. The molecule has 13 nitrogen and oxygen atoms in total. The summed E-state index contributed by atoms with van der Waals surface area (Å²) in [6.45, 7) is 1.76. The van der Waals surface area contributed by atoms with Gasteiger partial charge in [-0.15, -0.1) is 0 Å². The van der Waals surface area contributed by atoms with Crippen molar-refractivity contribution in [2.45, 2.75) is 6.92 Å². The number of carbonyl (C=O) groups excluding carboxylic acids is 4. The molecule has 0 unspecified atom stereocenters. The SMILES string of the molecule is COC(=O)CN(CCNC(=O)c1c[nH]c(-c2cc(Oc3ccc(NC(=O)Nc4cc(C)ccc4F)c(F)c3)ccn2)c1)CC(=O)OC. The molecular weight excluding hydrogens is 618 g/mol. The van der Waals surface area contributed by atoms with Crippen LogP contribution in [0.2, 0.25) is 0 Å². The van der Waals surface area contributed by atoms with Crippen molar-refractivity contribution in [1.82, 2.24) is 20.2 Å². The summed E-state index contributed by atoms with van der Waals surface area (Å²) in [7, 11) is 2.47. The minimum atomic E-state index is -0.820. The van der Waals surface area contributed by atoms with Crippen LogP contribution in [0.1, 0.15) is 15.9 Å². The first-order valence-electron chi connectivity index (χ1n) is 14.1. The van der Waals surface area contributed by atoms with Gasteiger partial charge in [-0.3, -0.25) is 24.3 Å². The van der Waals surface area contributed by atoms with Crippen LogP contribution in [-0.4, -0.2) is 79.1 Å². The Morgan fingerprint density at radius 1 is 0.851 bits per heavy atom. The number of carbonyl (C=O) groups is 4. The number of aryl methyl sites for hydroxylation is 1. The molecule has 2 aromatic heterocycles. The highest BCUT2D eigenvalue weighted by Crippen LogP contribution is 2.28. The Hall–Kier alpha value is -5.83. The zero-order valence-corrected chi connectivity index (χ0v) is 25.7. The van der Waals surface area contributed by atoms with Crippen LogP contribution >= 0.6 is 0 Å². The molecule has 0 bridgehead atoms. The first-order chi connectivity index (χ1) is 22.5. The topological polar surface area (TPSA) is 164 Å². The van der Waals surface area contributed by atoms with Gasteiger partial charge in [-0.25, -0.2) is 13.6 Å². The number of H-pyrrole nitrogens is 1.